The molecule has 2 aliphatic heterocycles. The Morgan fingerprint density at radius 1 is 1.25 bits per heavy atom. The van der Waals surface area contributed by atoms with E-state index in [0.717, 1.165) is 37.8 Å². The Hall–Kier alpha value is -0.690. The van der Waals surface area contributed by atoms with Gasteiger partial charge in [-0.25, -0.2) is 17.5 Å². The standard InChI is InChI=1S/C13H16ClFN2O2S/c14-12-5-8(15)1-4-13(12)20(18,19)17-11-6-9-2-3-10(7-11)16-9/h1,4-5,9-11,16-17H,2-3,6-7H2. The van der Waals surface area contributed by atoms with Crippen LogP contribution in [0.4, 0.5) is 4.39 Å². The third kappa shape index (κ3) is 2.83. The summed E-state index contributed by atoms with van der Waals surface area (Å²) in [4.78, 5) is -0.0635. The van der Waals surface area contributed by atoms with E-state index in [0.29, 0.717) is 12.1 Å². The summed E-state index contributed by atoms with van der Waals surface area (Å²) in [5.74, 6) is -0.547. The van der Waals surface area contributed by atoms with E-state index in [-0.39, 0.29) is 16.0 Å². The van der Waals surface area contributed by atoms with Crippen LogP contribution in [-0.4, -0.2) is 26.5 Å². The van der Waals surface area contributed by atoms with Gasteiger partial charge in [0.1, 0.15) is 10.7 Å². The molecule has 0 aliphatic carbocycles. The number of hydrogen-bond donors (Lipinski definition) is 2. The number of fused-ring (bicyclic) bond motifs is 2. The van der Waals surface area contributed by atoms with Crippen molar-refractivity contribution in [2.24, 2.45) is 0 Å². The van der Waals surface area contributed by atoms with Crippen LogP contribution in [0.5, 0.6) is 0 Å². The van der Waals surface area contributed by atoms with Crippen LogP contribution in [0.2, 0.25) is 5.02 Å². The van der Waals surface area contributed by atoms with Gasteiger partial charge in [0, 0.05) is 18.1 Å². The van der Waals surface area contributed by atoms with Gasteiger partial charge in [0.05, 0.1) is 5.02 Å². The first kappa shape index (κ1) is 14.3. The Morgan fingerprint density at radius 3 is 2.50 bits per heavy atom. The molecule has 2 aliphatic rings. The molecule has 1 aromatic carbocycles. The molecule has 2 heterocycles. The predicted octanol–water partition coefficient (Wildman–Crippen LogP) is 2.04. The number of piperidine rings is 1. The molecule has 4 nitrogen and oxygen atoms in total. The zero-order valence-corrected chi connectivity index (χ0v) is 12.3. The quantitative estimate of drug-likeness (QED) is 0.896. The fraction of sp³-hybridized carbons (Fsp3) is 0.538. The maximum atomic E-state index is 13.0. The third-order valence-electron chi connectivity index (χ3n) is 3.98. The molecule has 110 valence electrons. The molecule has 2 fully saturated rings. The van der Waals surface area contributed by atoms with E-state index in [9.17, 15) is 12.8 Å². The van der Waals surface area contributed by atoms with Crippen LogP contribution in [0.25, 0.3) is 0 Å². The Balaban J connectivity index is 1.78. The average Bonchev–Trinajstić information content (AvgIpc) is 2.67. The lowest BCUT2D eigenvalue weighted by atomic mass is 10.0. The molecule has 0 radical (unpaired) electrons. The largest absolute Gasteiger partial charge is 0.311 e. The molecule has 0 amide bonds. The molecule has 0 aromatic heterocycles. The molecule has 2 atom stereocenters. The van der Waals surface area contributed by atoms with Gasteiger partial charge >= 0.3 is 0 Å². The summed E-state index contributed by atoms with van der Waals surface area (Å²) in [5, 5.41) is 3.37. The second-order valence-electron chi connectivity index (χ2n) is 5.50. The number of sulfonamides is 1. The number of benzene rings is 1. The summed E-state index contributed by atoms with van der Waals surface area (Å²) in [6.45, 7) is 0. The molecule has 2 unspecified atom stereocenters. The molecule has 20 heavy (non-hydrogen) atoms. The molecule has 0 saturated carbocycles. The van der Waals surface area contributed by atoms with Gasteiger partial charge in [0.25, 0.3) is 0 Å². The van der Waals surface area contributed by atoms with Gasteiger partial charge in [-0.15, -0.1) is 0 Å². The zero-order valence-electron chi connectivity index (χ0n) is 10.8. The normalized spacial score (nSPS) is 29.6. The minimum atomic E-state index is -3.70. The summed E-state index contributed by atoms with van der Waals surface area (Å²) in [6.07, 6.45) is 3.77. The monoisotopic (exact) mass is 318 g/mol. The molecule has 1 aromatic rings. The van der Waals surface area contributed by atoms with Gasteiger partial charge in [0.15, 0.2) is 0 Å². The lowest BCUT2D eigenvalue weighted by Gasteiger charge is -2.29. The van der Waals surface area contributed by atoms with E-state index in [2.05, 4.69) is 10.0 Å². The van der Waals surface area contributed by atoms with Crippen LogP contribution in [0, 0.1) is 5.82 Å². The van der Waals surface area contributed by atoms with Crippen molar-refractivity contribution < 1.29 is 12.8 Å². The molecule has 7 heteroatoms. The maximum absolute atomic E-state index is 13.0. The van der Waals surface area contributed by atoms with E-state index in [4.69, 9.17) is 11.6 Å². The van der Waals surface area contributed by atoms with E-state index >= 15 is 0 Å². The summed E-state index contributed by atoms with van der Waals surface area (Å²) in [5.41, 5.74) is 0. The maximum Gasteiger partial charge on any atom is 0.242 e. The number of hydrogen-bond acceptors (Lipinski definition) is 3. The molecule has 2 saturated heterocycles. The summed E-state index contributed by atoms with van der Waals surface area (Å²) >= 11 is 5.83. The van der Waals surface area contributed by atoms with Crippen molar-refractivity contribution in [1.82, 2.24) is 10.0 Å². The first-order chi connectivity index (χ1) is 9.44. The Morgan fingerprint density at radius 2 is 1.90 bits per heavy atom. The molecular formula is C13H16ClFN2O2S. The number of rotatable bonds is 3. The number of nitrogens with one attached hydrogen (secondary N) is 2. The lowest BCUT2D eigenvalue weighted by molar-refractivity contribution is 0.345. The van der Waals surface area contributed by atoms with Crippen molar-refractivity contribution in [1.29, 1.82) is 0 Å². The Bertz CT molecular complexity index is 611. The fourth-order valence-corrected chi connectivity index (χ4v) is 4.92. The highest BCUT2D eigenvalue weighted by Crippen LogP contribution is 2.29. The zero-order chi connectivity index (χ0) is 14.3. The summed E-state index contributed by atoms with van der Waals surface area (Å²) in [6, 6.07) is 4.03. The second-order valence-corrected chi connectivity index (χ2v) is 7.59. The van der Waals surface area contributed by atoms with Crippen LogP contribution in [-0.2, 0) is 10.0 Å². The molecule has 0 spiro atoms. The highest BCUT2D eigenvalue weighted by atomic mass is 35.5. The van der Waals surface area contributed by atoms with Crippen LogP contribution in [0.1, 0.15) is 25.7 Å². The highest BCUT2D eigenvalue weighted by molar-refractivity contribution is 7.89. The van der Waals surface area contributed by atoms with Crippen LogP contribution in [0.15, 0.2) is 23.1 Å². The van der Waals surface area contributed by atoms with E-state index in [1.807, 2.05) is 0 Å². The minimum absolute atomic E-state index is 0.0635. The molecule has 2 N–H and O–H groups in total. The minimum Gasteiger partial charge on any atom is -0.311 e. The Labute approximate surface area is 122 Å². The van der Waals surface area contributed by atoms with Crippen molar-refractivity contribution in [3.05, 3.63) is 29.0 Å². The van der Waals surface area contributed by atoms with Crippen molar-refractivity contribution in [2.75, 3.05) is 0 Å². The smallest absolute Gasteiger partial charge is 0.242 e. The number of halogens is 2. The summed E-state index contributed by atoms with van der Waals surface area (Å²) < 4.78 is 40.4. The van der Waals surface area contributed by atoms with Gasteiger partial charge in [-0.1, -0.05) is 11.6 Å². The highest BCUT2D eigenvalue weighted by Gasteiger charge is 2.35. The van der Waals surface area contributed by atoms with Crippen LogP contribution < -0.4 is 10.0 Å². The van der Waals surface area contributed by atoms with Gasteiger partial charge < -0.3 is 5.32 Å². The Kier molecular flexibility index (Phi) is 3.75. The fourth-order valence-electron chi connectivity index (χ4n) is 3.13. The van der Waals surface area contributed by atoms with Gasteiger partial charge in [-0.05, 0) is 43.9 Å². The SMILES string of the molecule is O=S(=O)(NC1CC2CCC(C1)N2)c1ccc(F)cc1Cl. The lowest BCUT2D eigenvalue weighted by Crippen LogP contribution is -2.47. The molecule has 3 rings (SSSR count). The van der Waals surface area contributed by atoms with E-state index < -0.39 is 15.8 Å². The van der Waals surface area contributed by atoms with Gasteiger partial charge in [-0.3, -0.25) is 0 Å². The molecular weight excluding hydrogens is 303 g/mol. The average molecular weight is 319 g/mol. The predicted molar refractivity (Wildman–Crippen MR) is 74.7 cm³/mol. The van der Waals surface area contributed by atoms with Crippen LogP contribution in [0.3, 0.4) is 0 Å². The van der Waals surface area contributed by atoms with Gasteiger partial charge in [0.2, 0.25) is 10.0 Å². The first-order valence-electron chi connectivity index (χ1n) is 6.67. The van der Waals surface area contributed by atoms with Crippen molar-refractivity contribution in [2.45, 2.75) is 48.7 Å². The van der Waals surface area contributed by atoms with Crippen molar-refractivity contribution in [3.63, 3.8) is 0 Å². The van der Waals surface area contributed by atoms with Gasteiger partial charge in [-0.2, -0.15) is 0 Å². The molecule has 2 bridgehead atoms. The van der Waals surface area contributed by atoms with Crippen molar-refractivity contribution >= 4 is 21.6 Å². The first-order valence-corrected chi connectivity index (χ1v) is 8.53. The second kappa shape index (κ2) is 5.26. The van der Waals surface area contributed by atoms with E-state index in [1.54, 1.807) is 0 Å². The topological polar surface area (TPSA) is 58.2 Å². The third-order valence-corrected chi connectivity index (χ3v) is 5.98. The van der Waals surface area contributed by atoms with E-state index in [1.165, 1.54) is 6.07 Å². The van der Waals surface area contributed by atoms with Crippen molar-refractivity contribution in [3.8, 4) is 0 Å². The van der Waals surface area contributed by atoms with Crippen LogP contribution >= 0.6 is 11.6 Å². The summed E-state index contributed by atoms with van der Waals surface area (Å²) in [7, 11) is -3.70.